The molecule has 0 saturated carbocycles. The highest BCUT2D eigenvalue weighted by molar-refractivity contribution is 5.81. The number of carbonyl (C=O) groups is 1. The van der Waals surface area contributed by atoms with Crippen molar-refractivity contribution in [1.29, 1.82) is 0 Å². The fourth-order valence-electron chi connectivity index (χ4n) is 3.66. The number of nitrogens with one attached hydrogen (secondary N) is 1. The second-order valence-corrected chi connectivity index (χ2v) is 6.77. The number of hydrogen-bond acceptors (Lipinski definition) is 4. The van der Waals surface area contributed by atoms with Crippen molar-refractivity contribution in [3.63, 3.8) is 0 Å². The topological polar surface area (TPSA) is 63.1 Å². The van der Waals surface area contributed by atoms with Crippen molar-refractivity contribution in [1.82, 2.24) is 19.9 Å². The van der Waals surface area contributed by atoms with Gasteiger partial charge in [-0.3, -0.25) is 4.79 Å². The van der Waals surface area contributed by atoms with E-state index in [4.69, 9.17) is 0 Å². The van der Waals surface area contributed by atoms with Gasteiger partial charge in [0.2, 0.25) is 5.91 Å². The molecule has 134 valence electrons. The molecule has 1 unspecified atom stereocenters. The summed E-state index contributed by atoms with van der Waals surface area (Å²) in [5.41, 5.74) is 1.93. The first-order chi connectivity index (χ1) is 12.7. The minimum Gasteiger partial charge on any atom is -0.355 e. The first-order valence-electron chi connectivity index (χ1n) is 9.08. The number of fused-ring (bicyclic) bond motifs is 1. The second kappa shape index (κ2) is 7.15. The number of aromatic nitrogens is 3. The molecule has 1 aliphatic heterocycles. The van der Waals surface area contributed by atoms with E-state index in [-0.39, 0.29) is 11.9 Å². The number of amides is 1. The summed E-state index contributed by atoms with van der Waals surface area (Å²) in [4.78, 5) is 23.8. The summed E-state index contributed by atoms with van der Waals surface area (Å²) in [6, 6.07) is 14.0. The molecule has 3 heterocycles. The van der Waals surface area contributed by atoms with Gasteiger partial charge in [0.25, 0.3) is 0 Å². The number of anilines is 1. The van der Waals surface area contributed by atoms with Crippen LogP contribution in [0.4, 0.5) is 5.82 Å². The van der Waals surface area contributed by atoms with Gasteiger partial charge < -0.3 is 14.8 Å². The molecule has 1 saturated heterocycles. The highest BCUT2D eigenvalue weighted by Gasteiger charge is 2.22. The Balaban J connectivity index is 1.42. The Bertz CT molecular complexity index is 905. The van der Waals surface area contributed by atoms with Crippen LogP contribution in [0.3, 0.4) is 0 Å². The molecule has 1 N–H and O–H groups in total. The molecule has 0 radical (unpaired) electrons. The lowest BCUT2D eigenvalue weighted by Crippen LogP contribution is -2.48. The minimum atomic E-state index is 0.0316. The number of rotatable bonds is 4. The quantitative estimate of drug-likeness (QED) is 0.786. The van der Waals surface area contributed by atoms with Crippen LogP contribution >= 0.6 is 0 Å². The lowest BCUT2D eigenvalue weighted by Gasteiger charge is -2.34. The number of hydrogen-bond donors (Lipinski definition) is 1. The third-order valence-corrected chi connectivity index (χ3v) is 4.91. The molecule has 3 aromatic rings. The second-order valence-electron chi connectivity index (χ2n) is 6.77. The number of imidazole rings is 1. The van der Waals surface area contributed by atoms with Gasteiger partial charge in [-0.15, -0.1) is 0 Å². The van der Waals surface area contributed by atoms with Gasteiger partial charge in [-0.25, -0.2) is 9.97 Å². The predicted octanol–water partition coefficient (Wildman–Crippen LogP) is 2.52. The summed E-state index contributed by atoms with van der Waals surface area (Å²) in [7, 11) is 0. The zero-order valence-corrected chi connectivity index (χ0v) is 14.9. The molecule has 1 fully saturated rings. The lowest BCUT2D eigenvalue weighted by molar-refractivity contribution is -0.122. The fraction of sp³-hybridized carbons (Fsp3) is 0.350. The van der Waals surface area contributed by atoms with Crippen molar-refractivity contribution in [3.8, 4) is 0 Å². The van der Waals surface area contributed by atoms with Gasteiger partial charge in [0.1, 0.15) is 18.2 Å². The van der Waals surface area contributed by atoms with Gasteiger partial charge in [0.15, 0.2) is 0 Å². The summed E-state index contributed by atoms with van der Waals surface area (Å²) in [6.07, 6.45) is 3.86. The largest absolute Gasteiger partial charge is 0.355 e. The molecule has 6 nitrogen and oxygen atoms in total. The van der Waals surface area contributed by atoms with Crippen molar-refractivity contribution in [2.24, 2.45) is 0 Å². The molecule has 0 spiro atoms. The Hall–Kier alpha value is -2.89. The number of nitrogens with zero attached hydrogens (tertiary/aromatic N) is 4. The maximum Gasteiger partial charge on any atom is 0.240 e. The zero-order chi connectivity index (χ0) is 17.9. The molecular formula is C20H23N5O. The van der Waals surface area contributed by atoms with Crippen LogP contribution in [-0.2, 0) is 11.3 Å². The fourth-order valence-corrected chi connectivity index (χ4v) is 3.66. The number of aryl methyl sites for hydroxylation is 1. The van der Waals surface area contributed by atoms with Crippen LogP contribution in [0.15, 0.2) is 48.7 Å². The van der Waals surface area contributed by atoms with E-state index in [9.17, 15) is 4.79 Å². The van der Waals surface area contributed by atoms with Crippen molar-refractivity contribution < 1.29 is 4.79 Å². The number of carbonyl (C=O) groups excluding carboxylic acids is 1. The summed E-state index contributed by atoms with van der Waals surface area (Å²) < 4.78 is 1.98. The first kappa shape index (κ1) is 16.6. The molecule has 1 aromatic carbocycles. The third-order valence-electron chi connectivity index (χ3n) is 4.91. The molecule has 6 heteroatoms. The van der Waals surface area contributed by atoms with Gasteiger partial charge in [-0.2, -0.15) is 0 Å². The molecule has 26 heavy (non-hydrogen) atoms. The maximum absolute atomic E-state index is 12.6. The van der Waals surface area contributed by atoms with Crippen LogP contribution in [0, 0.1) is 6.92 Å². The molecule has 2 aromatic heterocycles. The SMILES string of the molecule is Cc1nc2ccccc2n1CC(=O)NC1CCCN(c2ccccn2)C1. The Morgan fingerprint density at radius 3 is 2.92 bits per heavy atom. The predicted molar refractivity (Wildman–Crippen MR) is 102 cm³/mol. The van der Waals surface area contributed by atoms with Crippen LogP contribution in [0.2, 0.25) is 0 Å². The average Bonchev–Trinajstić information content (AvgIpc) is 2.98. The van der Waals surface area contributed by atoms with E-state index in [1.54, 1.807) is 0 Å². The zero-order valence-electron chi connectivity index (χ0n) is 14.9. The molecular weight excluding hydrogens is 326 g/mol. The van der Waals surface area contributed by atoms with Gasteiger partial charge in [-0.05, 0) is 44.0 Å². The molecule has 0 bridgehead atoms. The summed E-state index contributed by atoms with van der Waals surface area (Å²) in [6.45, 7) is 4.02. The number of pyridine rings is 1. The average molecular weight is 349 g/mol. The van der Waals surface area contributed by atoms with E-state index in [1.807, 2.05) is 60.2 Å². The summed E-state index contributed by atoms with van der Waals surface area (Å²) in [5, 5.41) is 3.19. The normalized spacial score (nSPS) is 17.4. The first-order valence-corrected chi connectivity index (χ1v) is 9.08. The van der Waals surface area contributed by atoms with Crippen LogP contribution in [0.1, 0.15) is 18.7 Å². The molecule has 1 atom stereocenters. The van der Waals surface area contributed by atoms with E-state index in [2.05, 4.69) is 20.2 Å². The Labute approximate surface area is 152 Å². The van der Waals surface area contributed by atoms with Gasteiger partial charge in [0.05, 0.1) is 11.0 Å². The standard InChI is InChI=1S/C20H23N5O/c1-15-22-17-8-2-3-9-18(17)25(15)14-20(26)23-16-7-6-12-24(13-16)19-10-4-5-11-21-19/h2-5,8-11,16H,6-7,12-14H2,1H3,(H,23,26). The van der Waals surface area contributed by atoms with Crippen LogP contribution in [0.5, 0.6) is 0 Å². The van der Waals surface area contributed by atoms with E-state index in [0.717, 1.165) is 48.6 Å². The van der Waals surface area contributed by atoms with E-state index in [0.29, 0.717) is 6.54 Å². The van der Waals surface area contributed by atoms with Crippen LogP contribution in [0.25, 0.3) is 11.0 Å². The molecule has 1 aliphatic rings. The minimum absolute atomic E-state index is 0.0316. The van der Waals surface area contributed by atoms with Gasteiger partial charge in [-0.1, -0.05) is 18.2 Å². The highest BCUT2D eigenvalue weighted by atomic mass is 16.2. The number of benzene rings is 1. The van der Waals surface area contributed by atoms with Gasteiger partial charge >= 0.3 is 0 Å². The molecule has 1 amide bonds. The molecule has 0 aliphatic carbocycles. The maximum atomic E-state index is 12.6. The number of para-hydroxylation sites is 2. The summed E-state index contributed by atoms with van der Waals surface area (Å²) >= 11 is 0. The molecule has 4 rings (SSSR count). The Kier molecular flexibility index (Phi) is 4.56. The van der Waals surface area contributed by atoms with E-state index >= 15 is 0 Å². The van der Waals surface area contributed by atoms with E-state index < -0.39 is 0 Å². The third kappa shape index (κ3) is 3.40. The van der Waals surface area contributed by atoms with Crippen molar-refractivity contribution in [2.75, 3.05) is 18.0 Å². The monoisotopic (exact) mass is 349 g/mol. The van der Waals surface area contributed by atoms with Crippen molar-refractivity contribution in [2.45, 2.75) is 32.4 Å². The van der Waals surface area contributed by atoms with Crippen LogP contribution in [-0.4, -0.2) is 39.6 Å². The summed E-state index contributed by atoms with van der Waals surface area (Å²) in [5.74, 6) is 1.87. The Morgan fingerprint density at radius 1 is 1.23 bits per heavy atom. The van der Waals surface area contributed by atoms with E-state index in [1.165, 1.54) is 0 Å². The lowest BCUT2D eigenvalue weighted by atomic mass is 10.1. The Morgan fingerprint density at radius 2 is 2.08 bits per heavy atom. The van der Waals surface area contributed by atoms with Crippen molar-refractivity contribution in [3.05, 3.63) is 54.5 Å². The number of piperidine rings is 1. The van der Waals surface area contributed by atoms with Crippen LogP contribution < -0.4 is 10.2 Å². The van der Waals surface area contributed by atoms with Gasteiger partial charge in [0, 0.05) is 25.3 Å². The smallest absolute Gasteiger partial charge is 0.240 e. The highest BCUT2D eigenvalue weighted by Crippen LogP contribution is 2.18. The van der Waals surface area contributed by atoms with Crippen molar-refractivity contribution >= 4 is 22.8 Å².